The predicted octanol–water partition coefficient (Wildman–Crippen LogP) is 3.23. The molecule has 0 aliphatic heterocycles. The number of ether oxygens (including phenoxy) is 2. The molecule has 1 aromatic heterocycles. The Morgan fingerprint density at radius 1 is 1.15 bits per heavy atom. The van der Waals surface area contributed by atoms with Gasteiger partial charge in [0.15, 0.2) is 0 Å². The number of amides is 1. The van der Waals surface area contributed by atoms with Gasteiger partial charge in [0.25, 0.3) is 0 Å². The van der Waals surface area contributed by atoms with Crippen molar-refractivity contribution >= 4 is 23.0 Å². The fourth-order valence-corrected chi connectivity index (χ4v) is 2.26. The standard InChI is InChI=1S/C19H23NO6/c1-11-12(2)17(22)25-15-10-13(6-7-14(11)15)24-16(21)8-9-20-18(23)26-19(3,4)5/h6-7,10H,8-9H2,1-5H3,(H,20,23). The molecule has 7 heteroatoms. The SMILES string of the molecule is Cc1c(C)c2ccc(OC(=O)CCNC(=O)OC(C)(C)C)cc2oc1=O. The molecular formula is C19H23NO6. The van der Waals surface area contributed by atoms with Crippen molar-refractivity contribution in [1.29, 1.82) is 0 Å². The maximum Gasteiger partial charge on any atom is 0.407 e. The monoisotopic (exact) mass is 361 g/mol. The van der Waals surface area contributed by atoms with E-state index in [4.69, 9.17) is 13.9 Å². The Morgan fingerprint density at radius 3 is 2.50 bits per heavy atom. The Labute approximate surface area is 151 Å². The minimum Gasteiger partial charge on any atom is -0.444 e. The molecule has 0 fully saturated rings. The van der Waals surface area contributed by atoms with Gasteiger partial charge in [0.1, 0.15) is 16.9 Å². The molecule has 2 rings (SSSR count). The third kappa shape index (κ3) is 5.08. The zero-order valence-electron chi connectivity index (χ0n) is 15.6. The van der Waals surface area contributed by atoms with Crippen LogP contribution in [0.25, 0.3) is 11.0 Å². The molecule has 1 amide bonds. The van der Waals surface area contributed by atoms with Gasteiger partial charge in [-0.2, -0.15) is 0 Å². The van der Waals surface area contributed by atoms with Gasteiger partial charge in [0.05, 0.1) is 6.42 Å². The van der Waals surface area contributed by atoms with Crippen molar-refractivity contribution < 1.29 is 23.5 Å². The summed E-state index contributed by atoms with van der Waals surface area (Å²) in [5.74, 6) is -0.252. The van der Waals surface area contributed by atoms with E-state index in [0.717, 1.165) is 10.9 Å². The number of carbonyl (C=O) groups excluding carboxylic acids is 2. The molecule has 2 aromatic rings. The Bertz CT molecular complexity index is 891. The van der Waals surface area contributed by atoms with Crippen LogP contribution in [-0.2, 0) is 9.53 Å². The van der Waals surface area contributed by atoms with E-state index in [1.165, 1.54) is 6.07 Å². The van der Waals surface area contributed by atoms with Crippen LogP contribution in [0.1, 0.15) is 38.3 Å². The van der Waals surface area contributed by atoms with Gasteiger partial charge in [0, 0.05) is 23.6 Å². The number of benzene rings is 1. The molecule has 0 aliphatic rings. The summed E-state index contributed by atoms with van der Waals surface area (Å²) in [6.45, 7) is 8.88. The first-order valence-electron chi connectivity index (χ1n) is 8.28. The van der Waals surface area contributed by atoms with E-state index in [-0.39, 0.29) is 18.7 Å². The second kappa shape index (κ2) is 7.59. The predicted molar refractivity (Wildman–Crippen MR) is 96.4 cm³/mol. The van der Waals surface area contributed by atoms with E-state index in [9.17, 15) is 14.4 Å². The molecule has 0 bridgehead atoms. The third-order valence-electron chi connectivity index (χ3n) is 3.66. The number of carbonyl (C=O) groups is 2. The molecule has 1 N–H and O–H groups in total. The molecule has 0 spiro atoms. The first-order chi connectivity index (χ1) is 12.1. The van der Waals surface area contributed by atoms with Crippen LogP contribution in [0.5, 0.6) is 5.75 Å². The topological polar surface area (TPSA) is 94.8 Å². The number of aryl methyl sites for hydroxylation is 1. The molecule has 0 radical (unpaired) electrons. The van der Waals surface area contributed by atoms with Crippen LogP contribution in [0.4, 0.5) is 4.79 Å². The summed E-state index contributed by atoms with van der Waals surface area (Å²) >= 11 is 0. The molecule has 1 heterocycles. The fraction of sp³-hybridized carbons (Fsp3) is 0.421. The molecular weight excluding hydrogens is 338 g/mol. The first-order valence-corrected chi connectivity index (χ1v) is 8.28. The van der Waals surface area contributed by atoms with Crippen LogP contribution >= 0.6 is 0 Å². The van der Waals surface area contributed by atoms with Crippen molar-refractivity contribution in [3.8, 4) is 5.75 Å². The summed E-state index contributed by atoms with van der Waals surface area (Å²) in [4.78, 5) is 35.2. The molecule has 0 atom stereocenters. The number of fused-ring (bicyclic) bond motifs is 1. The summed E-state index contributed by atoms with van der Waals surface area (Å²) < 4.78 is 15.5. The molecule has 0 saturated heterocycles. The Morgan fingerprint density at radius 2 is 1.85 bits per heavy atom. The smallest absolute Gasteiger partial charge is 0.407 e. The second-order valence-electron chi connectivity index (χ2n) is 6.95. The van der Waals surface area contributed by atoms with Crippen LogP contribution in [0, 0.1) is 13.8 Å². The Hall–Kier alpha value is -2.83. The Kier molecular flexibility index (Phi) is 5.69. The average molecular weight is 361 g/mol. The number of hydrogen-bond acceptors (Lipinski definition) is 6. The highest BCUT2D eigenvalue weighted by molar-refractivity contribution is 5.83. The van der Waals surface area contributed by atoms with E-state index in [1.807, 2.05) is 6.92 Å². The molecule has 0 aliphatic carbocycles. The average Bonchev–Trinajstić information content (AvgIpc) is 2.50. The van der Waals surface area contributed by atoms with Gasteiger partial charge in [-0.05, 0) is 52.3 Å². The van der Waals surface area contributed by atoms with Crippen molar-refractivity contribution in [3.63, 3.8) is 0 Å². The number of hydrogen-bond donors (Lipinski definition) is 1. The lowest BCUT2D eigenvalue weighted by atomic mass is 10.1. The Balaban J connectivity index is 1.96. The van der Waals surface area contributed by atoms with Gasteiger partial charge in [-0.15, -0.1) is 0 Å². The molecule has 0 unspecified atom stereocenters. The number of nitrogens with one attached hydrogen (secondary N) is 1. The van der Waals surface area contributed by atoms with Gasteiger partial charge in [-0.1, -0.05) is 0 Å². The van der Waals surface area contributed by atoms with Gasteiger partial charge in [-0.3, -0.25) is 4.79 Å². The van der Waals surface area contributed by atoms with Crippen LogP contribution in [0.15, 0.2) is 27.4 Å². The largest absolute Gasteiger partial charge is 0.444 e. The lowest BCUT2D eigenvalue weighted by Crippen LogP contribution is -2.34. The van der Waals surface area contributed by atoms with E-state index < -0.39 is 23.3 Å². The summed E-state index contributed by atoms with van der Waals surface area (Å²) in [6, 6.07) is 4.87. The zero-order chi connectivity index (χ0) is 19.5. The van der Waals surface area contributed by atoms with Crippen LogP contribution in [0.3, 0.4) is 0 Å². The lowest BCUT2D eigenvalue weighted by molar-refractivity contribution is -0.134. The van der Waals surface area contributed by atoms with Gasteiger partial charge < -0.3 is 19.2 Å². The molecule has 140 valence electrons. The van der Waals surface area contributed by atoms with Gasteiger partial charge in [-0.25, -0.2) is 9.59 Å². The van der Waals surface area contributed by atoms with Crippen molar-refractivity contribution in [2.24, 2.45) is 0 Å². The second-order valence-corrected chi connectivity index (χ2v) is 6.95. The number of alkyl carbamates (subject to hydrolysis) is 1. The van der Waals surface area contributed by atoms with Gasteiger partial charge >= 0.3 is 17.7 Å². The maximum atomic E-state index is 11.9. The minimum absolute atomic E-state index is 0.0197. The van der Waals surface area contributed by atoms with Crippen LogP contribution in [0.2, 0.25) is 0 Å². The van der Waals surface area contributed by atoms with Gasteiger partial charge in [0.2, 0.25) is 0 Å². The lowest BCUT2D eigenvalue weighted by Gasteiger charge is -2.19. The van der Waals surface area contributed by atoms with E-state index in [1.54, 1.807) is 39.8 Å². The molecule has 1 aromatic carbocycles. The molecule has 0 saturated carbocycles. The zero-order valence-corrected chi connectivity index (χ0v) is 15.6. The molecule has 26 heavy (non-hydrogen) atoms. The summed E-state index contributed by atoms with van der Waals surface area (Å²) in [5, 5.41) is 3.27. The van der Waals surface area contributed by atoms with Crippen LogP contribution < -0.4 is 15.7 Å². The minimum atomic E-state index is -0.601. The summed E-state index contributed by atoms with van der Waals surface area (Å²) in [5.41, 5.74) is 0.720. The highest BCUT2D eigenvalue weighted by Crippen LogP contribution is 2.24. The van der Waals surface area contributed by atoms with Crippen LogP contribution in [-0.4, -0.2) is 24.2 Å². The fourth-order valence-electron chi connectivity index (χ4n) is 2.26. The quantitative estimate of drug-likeness (QED) is 0.510. The summed E-state index contributed by atoms with van der Waals surface area (Å²) in [7, 11) is 0. The highest BCUT2D eigenvalue weighted by atomic mass is 16.6. The normalized spacial score (nSPS) is 11.3. The van der Waals surface area contributed by atoms with E-state index in [2.05, 4.69) is 5.32 Å². The third-order valence-corrected chi connectivity index (χ3v) is 3.66. The highest BCUT2D eigenvalue weighted by Gasteiger charge is 2.16. The van der Waals surface area contributed by atoms with Crippen molar-refractivity contribution in [1.82, 2.24) is 5.32 Å². The van der Waals surface area contributed by atoms with E-state index in [0.29, 0.717) is 11.1 Å². The number of esters is 1. The first kappa shape index (κ1) is 19.5. The van der Waals surface area contributed by atoms with Crippen molar-refractivity contribution in [2.75, 3.05) is 6.54 Å². The number of rotatable bonds is 4. The summed E-state index contributed by atoms with van der Waals surface area (Å²) in [6.07, 6.45) is -0.614. The molecule has 7 nitrogen and oxygen atoms in total. The van der Waals surface area contributed by atoms with E-state index >= 15 is 0 Å². The van der Waals surface area contributed by atoms with Crippen molar-refractivity contribution in [2.45, 2.75) is 46.6 Å². The van der Waals surface area contributed by atoms with Crippen molar-refractivity contribution in [3.05, 3.63) is 39.7 Å². The maximum absolute atomic E-state index is 11.9.